The van der Waals surface area contributed by atoms with Gasteiger partial charge in [-0.1, -0.05) is 0 Å². The van der Waals surface area contributed by atoms with Crippen molar-refractivity contribution in [2.45, 2.75) is 13.5 Å². The Hall–Kier alpha value is -0.690. The van der Waals surface area contributed by atoms with Crippen LogP contribution in [0.25, 0.3) is 0 Å². The number of anilines is 1. The Kier molecular flexibility index (Phi) is 7.11. The maximum Gasteiger partial charge on any atom is 0.182 e. The lowest BCUT2D eigenvalue weighted by Crippen LogP contribution is -2.22. The lowest BCUT2D eigenvalue weighted by Gasteiger charge is -2.14. The van der Waals surface area contributed by atoms with Crippen LogP contribution in [0.15, 0.2) is 6.20 Å². The molecule has 1 heterocycles. The molecule has 0 spiro atoms. The molecule has 98 valence electrons. The van der Waals surface area contributed by atoms with E-state index >= 15 is 0 Å². The Morgan fingerprint density at radius 1 is 1.53 bits per heavy atom. The van der Waals surface area contributed by atoms with E-state index in [-0.39, 0.29) is 6.61 Å². The van der Waals surface area contributed by atoms with E-state index in [1.807, 2.05) is 6.20 Å². The van der Waals surface area contributed by atoms with Crippen molar-refractivity contribution < 1.29 is 9.84 Å². The molecule has 2 N–H and O–H groups in total. The topological polar surface area (TPSA) is 57.6 Å². The molecule has 0 aliphatic rings. The summed E-state index contributed by atoms with van der Waals surface area (Å²) < 4.78 is 5.22. The lowest BCUT2D eigenvalue weighted by atomic mass is 10.5. The van der Waals surface area contributed by atoms with Gasteiger partial charge in [-0.2, -0.15) is 0 Å². The summed E-state index contributed by atoms with van der Waals surface area (Å²) in [6.45, 7) is 5.85. The Bertz CT molecular complexity index is 307. The van der Waals surface area contributed by atoms with E-state index in [2.05, 4.69) is 29.2 Å². The van der Waals surface area contributed by atoms with Gasteiger partial charge in [0.1, 0.15) is 0 Å². The number of thiazole rings is 1. The highest BCUT2D eigenvalue weighted by molar-refractivity contribution is 7.15. The molecule has 0 aromatic carbocycles. The van der Waals surface area contributed by atoms with Crippen molar-refractivity contribution >= 4 is 16.5 Å². The monoisotopic (exact) mass is 259 g/mol. The first-order valence-electron chi connectivity index (χ1n) is 5.82. The van der Waals surface area contributed by atoms with Crippen LogP contribution >= 0.6 is 11.3 Å². The van der Waals surface area contributed by atoms with Gasteiger partial charge in [-0.15, -0.1) is 11.3 Å². The Balaban J connectivity index is 2.22. The zero-order valence-corrected chi connectivity index (χ0v) is 11.3. The van der Waals surface area contributed by atoms with Crippen LogP contribution in [0.4, 0.5) is 5.13 Å². The average Bonchev–Trinajstić information content (AvgIpc) is 2.73. The summed E-state index contributed by atoms with van der Waals surface area (Å²) >= 11 is 1.68. The van der Waals surface area contributed by atoms with Gasteiger partial charge in [0, 0.05) is 30.7 Å². The molecule has 0 aliphatic heterocycles. The molecule has 0 fully saturated rings. The molecule has 0 saturated heterocycles. The van der Waals surface area contributed by atoms with Gasteiger partial charge in [-0.3, -0.25) is 4.90 Å². The fourth-order valence-electron chi connectivity index (χ4n) is 1.35. The molecular formula is C11H21N3O2S. The van der Waals surface area contributed by atoms with Crippen LogP contribution in [0.2, 0.25) is 0 Å². The van der Waals surface area contributed by atoms with Crippen molar-refractivity contribution in [2.75, 3.05) is 45.3 Å². The van der Waals surface area contributed by atoms with E-state index in [0.717, 1.165) is 24.8 Å². The number of aliphatic hydroxyl groups excluding tert-OH is 1. The molecule has 1 aromatic heterocycles. The van der Waals surface area contributed by atoms with Crippen molar-refractivity contribution in [3.63, 3.8) is 0 Å². The second kappa shape index (κ2) is 8.41. The highest BCUT2D eigenvalue weighted by atomic mass is 32.1. The number of rotatable bonds is 9. The van der Waals surface area contributed by atoms with Crippen molar-refractivity contribution in [3.8, 4) is 0 Å². The molecule has 0 aliphatic carbocycles. The summed E-state index contributed by atoms with van der Waals surface area (Å²) in [6, 6.07) is 0. The highest BCUT2D eigenvalue weighted by Gasteiger charge is 2.04. The normalized spacial score (nSPS) is 11.1. The van der Waals surface area contributed by atoms with Crippen molar-refractivity contribution in [2.24, 2.45) is 0 Å². The van der Waals surface area contributed by atoms with Crippen LogP contribution in [-0.4, -0.2) is 54.9 Å². The summed E-state index contributed by atoms with van der Waals surface area (Å²) in [5.41, 5.74) is 0. The lowest BCUT2D eigenvalue weighted by molar-refractivity contribution is 0.0774. The minimum absolute atomic E-state index is 0.0879. The van der Waals surface area contributed by atoms with Crippen molar-refractivity contribution in [3.05, 3.63) is 11.1 Å². The Labute approximate surface area is 106 Å². The molecule has 0 unspecified atom stereocenters. The SMILES string of the molecule is CCNc1ncc(CN(C)CCOCCO)s1. The van der Waals surface area contributed by atoms with Crippen LogP contribution < -0.4 is 5.32 Å². The van der Waals surface area contributed by atoms with Crippen molar-refractivity contribution in [1.29, 1.82) is 0 Å². The molecule has 0 bridgehead atoms. The first kappa shape index (κ1) is 14.4. The second-order valence-corrected chi connectivity index (χ2v) is 4.85. The van der Waals surface area contributed by atoms with Crippen LogP contribution in [-0.2, 0) is 11.3 Å². The third-order valence-electron chi connectivity index (χ3n) is 2.16. The molecule has 0 saturated carbocycles. The van der Waals surface area contributed by atoms with Gasteiger partial charge in [0.25, 0.3) is 0 Å². The molecule has 6 heteroatoms. The van der Waals surface area contributed by atoms with E-state index in [9.17, 15) is 0 Å². The summed E-state index contributed by atoms with van der Waals surface area (Å²) in [5, 5.41) is 12.7. The molecule has 0 atom stereocenters. The molecule has 5 nitrogen and oxygen atoms in total. The van der Waals surface area contributed by atoms with Crippen LogP contribution in [0, 0.1) is 0 Å². The zero-order chi connectivity index (χ0) is 12.5. The van der Waals surface area contributed by atoms with Crippen LogP contribution in [0.1, 0.15) is 11.8 Å². The first-order valence-corrected chi connectivity index (χ1v) is 6.63. The van der Waals surface area contributed by atoms with E-state index in [0.29, 0.717) is 13.2 Å². The van der Waals surface area contributed by atoms with Gasteiger partial charge < -0.3 is 15.2 Å². The van der Waals surface area contributed by atoms with E-state index in [1.54, 1.807) is 11.3 Å². The second-order valence-electron chi connectivity index (χ2n) is 3.74. The number of nitrogens with zero attached hydrogens (tertiary/aromatic N) is 2. The third kappa shape index (κ3) is 5.97. The smallest absolute Gasteiger partial charge is 0.182 e. The summed E-state index contributed by atoms with van der Waals surface area (Å²) in [5.74, 6) is 0. The maximum absolute atomic E-state index is 8.57. The first-order chi connectivity index (χ1) is 8.26. The third-order valence-corrected chi connectivity index (χ3v) is 3.10. The van der Waals surface area contributed by atoms with Gasteiger partial charge in [0.2, 0.25) is 0 Å². The standard InChI is InChI=1S/C11H21N3O2S/c1-3-12-11-13-8-10(17-11)9-14(2)4-6-16-7-5-15/h8,15H,3-7,9H2,1-2H3,(H,12,13). The van der Waals surface area contributed by atoms with E-state index in [4.69, 9.17) is 9.84 Å². The molecular weight excluding hydrogens is 238 g/mol. The van der Waals surface area contributed by atoms with E-state index < -0.39 is 0 Å². The summed E-state index contributed by atoms with van der Waals surface area (Å²) in [7, 11) is 2.05. The number of aromatic nitrogens is 1. The van der Waals surface area contributed by atoms with Crippen LogP contribution in [0.5, 0.6) is 0 Å². The number of hydrogen-bond donors (Lipinski definition) is 2. The fourth-order valence-corrected chi connectivity index (χ4v) is 2.31. The number of ether oxygens (including phenoxy) is 1. The number of aliphatic hydroxyl groups is 1. The van der Waals surface area contributed by atoms with Gasteiger partial charge in [-0.05, 0) is 14.0 Å². The molecule has 1 aromatic rings. The van der Waals surface area contributed by atoms with Crippen molar-refractivity contribution in [1.82, 2.24) is 9.88 Å². The predicted octanol–water partition coefficient (Wildman–Crippen LogP) is 1.02. The molecule has 1 rings (SSSR count). The van der Waals surface area contributed by atoms with Crippen LogP contribution in [0.3, 0.4) is 0 Å². The van der Waals surface area contributed by atoms with Gasteiger partial charge in [-0.25, -0.2) is 4.98 Å². The summed E-state index contributed by atoms with van der Waals surface area (Å²) in [6.07, 6.45) is 1.91. The van der Waals surface area contributed by atoms with Gasteiger partial charge in [0.15, 0.2) is 5.13 Å². The Morgan fingerprint density at radius 3 is 3.06 bits per heavy atom. The number of nitrogens with one attached hydrogen (secondary N) is 1. The average molecular weight is 259 g/mol. The predicted molar refractivity (Wildman–Crippen MR) is 70.5 cm³/mol. The largest absolute Gasteiger partial charge is 0.394 e. The quantitative estimate of drug-likeness (QED) is 0.648. The zero-order valence-electron chi connectivity index (χ0n) is 10.5. The molecule has 17 heavy (non-hydrogen) atoms. The fraction of sp³-hybridized carbons (Fsp3) is 0.727. The molecule has 0 radical (unpaired) electrons. The molecule has 0 amide bonds. The minimum Gasteiger partial charge on any atom is -0.394 e. The maximum atomic E-state index is 8.57. The van der Waals surface area contributed by atoms with E-state index in [1.165, 1.54) is 4.88 Å². The number of likely N-dealkylation sites (N-methyl/N-ethyl adjacent to an activating group) is 1. The highest BCUT2D eigenvalue weighted by Crippen LogP contribution is 2.18. The Morgan fingerprint density at radius 2 is 2.35 bits per heavy atom. The van der Waals surface area contributed by atoms with Gasteiger partial charge in [0.05, 0.1) is 19.8 Å². The summed E-state index contributed by atoms with van der Waals surface area (Å²) in [4.78, 5) is 7.71. The number of hydrogen-bond acceptors (Lipinski definition) is 6. The minimum atomic E-state index is 0.0879. The van der Waals surface area contributed by atoms with Gasteiger partial charge >= 0.3 is 0 Å².